The molecule has 0 aromatic heterocycles. The van der Waals surface area contributed by atoms with E-state index in [0.717, 1.165) is 0 Å². The first-order valence-electron chi connectivity index (χ1n) is 6.23. The number of hydrogen-bond donors (Lipinski definition) is 0. The molecule has 0 amide bonds. The summed E-state index contributed by atoms with van der Waals surface area (Å²) in [5.74, 6) is 0.310. The molecule has 2 nitrogen and oxygen atoms in total. The van der Waals surface area contributed by atoms with Crippen LogP contribution in [0.1, 0.15) is 48.0 Å². The van der Waals surface area contributed by atoms with E-state index in [-0.39, 0.29) is 17.1 Å². The number of rotatable bonds is 5. The Balaban J connectivity index is 4.56. The van der Waals surface area contributed by atoms with Gasteiger partial charge < -0.3 is 4.43 Å². The Labute approximate surface area is 102 Å². The first-order chi connectivity index (χ1) is 7.03. The van der Waals surface area contributed by atoms with Gasteiger partial charge in [-0.1, -0.05) is 34.6 Å². The van der Waals surface area contributed by atoms with Gasteiger partial charge in [0.05, 0.1) is 6.10 Å². The van der Waals surface area contributed by atoms with E-state index in [9.17, 15) is 4.79 Å². The average molecular weight is 244 g/mol. The van der Waals surface area contributed by atoms with Crippen molar-refractivity contribution in [2.75, 3.05) is 0 Å². The summed E-state index contributed by atoms with van der Waals surface area (Å²) >= 11 is 0. The predicted octanol–water partition coefficient (Wildman–Crippen LogP) is 4.01. The first kappa shape index (κ1) is 15.8. The third-order valence-corrected chi connectivity index (χ3v) is 8.42. The zero-order valence-corrected chi connectivity index (χ0v) is 13.2. The lowest BCUT2D eigenvalue weighted by molar-refractivity contribution is -0.124. The molecule has 0 spiro atoms. The number of carbonyl (C=O) groups is 1. The van der Waals surface area contributed by atoms with Crippen LogP contribution >= 0.6 is 0 Å². The van der Waals surface area contributed by atoms with Crippen molar-refractivity contribution < 1.29 is 9.22 Å². The van der Waals surface area contributed by atoms with E-state index >= 15 is 0 Å². The van der Waals surface area contributed by atoms with Crippen LogP contribution in [0.4, 0.5) is 0 Å². The Bertz CT molecular complexity index is 241. The molecule has 0 aromatic carbocycles. The molecule has 0 aliphatic heterocycles. The van der Waals surface area contributed by atoms with Gasteiger partial charge in [-0.15, -0.1) is 0 Å². The summed E-state index contributed by atoms with van der Waals surface area (Å²) in [4.78, 5) is 11.6. The molecular weight excluding hydrogens is 216 g/mol. The van der Waals surface area contributed by atoms with Gasteiger partial charge in [0.2, 0.25) is 0 Å². The number of ketones is 1. The van der Waals surface area contributed by atoms with E-state index < -0.39 is 8.32 Å². The zero-order chi connectivity index (χ0) is 13.1. The van der Waals surface area contributed by atoms with Crippen LogP contribution in [0, 0.1) is 5.92 Å². The van der Waals surface area contributed by atoms with E-state index in [2.05, 4.69) is 33.9 Å². The van der Waals surface area contributed by atoms with Crippen molar-refractivity contribution in [2.24, 2.45) is 5.92 Å². The maximum atomic E-state index is 11.6. The second-order valence-electron chi connectivity index (χ2n) is 6.19. The van der Waals surface area contributed by atoms with E-state index in [1.165, 1.54) is 0 Å². The minimum atomic E-state index is -1.74. The molecule has 2 atom stereocenters. The van der Waals surface area contributed by atoms with Gasteiger partial charge in [-0.05, 0) is 25.1 Å². The van der Waals surface area contributed by atoms with E-state index in [0.29, 0.717) is 12.2 Å². The molecule has 96 valence electrons. The number of carbonyl (C=O) groups excluding carboxylic acids is 1. The fourth-order valence-corrected chi connectivity index (χ4v) is 2.81. The number of hydrogen-bond acceptors (Lipinski definition) is 2. The quantitative estimate of drug-likeness (QED) is 0.683. The van der Waals surface area contributed by atoms with Gasteiger partial charge in [0.25, 0.3) is 0 Å². The van der Waals surface area contributed by atoms with Gasteiger partial charge in [0, 0.05) is 12.3 Å². The summed E-state index contributed by atoms with van der Waals surface area (Å²) in [6.07, 6.45) is 0.639. The monoisotopic (exact) mass is 244 g/mol. The molecule has 0 rings (SSSR count). The van der Waals surface area contributed by atoms with E-state index in [1.807, 2.05) is 20.8 Å². The van der Waals surface area contributed by atoms with Crippen molar-refractivity contribution in [1.29, 1.82) is 0 Å². The summed E-state index contributed by atoms with van der Waals surface area (Å²) in [6, 6.07) is 0. The van der Waals surface area contributed by atoms with Crippen LogP contribution in [0.3, 0.4) is 0 Å². The van der Waals surface area contributed by atoms with Gasteiger partial charge in [0.15, 0.2) is 8.32 Å². The Morgan fingerprint density at radius 2 is 1.69 bits per heavy atom. The fourth-order valence-electron chi connectivity index (χ4n) is 1.33. The third-order valence-electron chi connectivity index (χ3n) is 3.85. The Kier molecular flexibility index (Phi) is 5.40. The van der Waals surface area contributed by atoms with E-state index in [4.69, 9.17) is 4.43 Å². The fraction of sp³-hybridized carbons (Fsp3) is 0.923. The van der Waals surface area contributed by atoms with Gasteiger partial charge in [-0.3, -0.25) is 4.79 Å². The van der Waals surface area contributed by atoms with Crippen LogP contribution in [-0.4, -0.2) is 20.2 Å². The lowest BCUT2D eigenvalue weighted by Crippen LogP contribution is -2.45. The molecule has 3 heteroatoms. The highest BCUT2D eigenvalue weighted by Gasteiger charge is 2.39. The average Bonchev–Trinajstić information content (AvgIpc) is 2.12. The third kappa shape index (κ3) is 4.02. The standard InChI is InChI=1S/C13H28O2Si/c1-9-12(14)10(2)11(3)15-16(7,8)13(4,5)6/h10-11H,9H2,1-8H3/t10-,11+/m1/s1. The van der Waals surface area contributed by atoms with Crippen molar-refractivity contribution in [3.63, 3.8) is 0 Å². The highest BCUT2D eigenvalue weighted by molar-refractivity contribution is 6.74. The van der Waals surface area contributed by atoms with E-state index in [1.54, 1.807) is 0 Å². The van der Waals surface area contributed by atoms with Crippen LogP contribution in [0.25, 0.3) is 0 Å². The SMILES string of the molecule is CCC(=O)[C@H](C)[C@H](C)O[Si](C)(C)C(C)(C)C. The molecule has 0 heterocycles. The molecule has 0 radical (unpaired) electrons. The van der Waals surface area contributed by atoms with Crippen LogP contribution in [0.2, 0.25) is 18.1 Å². The highest BCUT2D eigenvalue weighted by Crippen LogP contribution is 2.38. The van der Waals surface area contributed by atoms with Crippen molar-refractivity contribution in [3.05, 3.63) is 0 Å². The Hall–Kier alpha value is -0.153. The molecule has 0 fully saturated rings. The Morgan fingerprint density at radius 1 is 1.25 bits per heavy atom. The lowest BCUT2D eigenvalue weighted by Gasteiger charge is -2.39. The summed E-state index contributed by atoms with van der Waals surface area (Å²) in [5, 5.41) is 0.205. The molecule has 0 aliphatic carbocycles. The summed E-state index contributed by atoms with van der Waals surface area (Å²) in [7, 11) is -1.74. The van der Waals surface area contributed by atoms with Crippen molar-refractivity contribution in [3.8, 4) is 0 Å². The molecule has 0 saturated carbocycles. The second kappa shape index (κ2) is 5.45. The molecule has 0 aromatic rings. The van der Waals surface area contributed by atoms with Gasteiger partial charge in [-0.2, -0.15) is 0 Å². The summed E-state index contributed by atoms with van der Waals surface area (Å²) in [5.41, 5.74) is 0. The molecule has 16 heavy (non-hydrogen) atoms. The van der Waals surface area contributed by atoms with Crippen molar-refractivity contribution in [2.45, 2.75) is 72.2 Å². The molecular formula is C13H28O2Si. The molecule has 0 N–H and O–H groups in total. The first-order valence-corrected chi connectivity index (χ1v) is 9.14. The molecule has 0 saturated heterocycles. The van der Waals surface area contributed by atoms with Crippen LogP contribution in [0.5, 0.6) is 0 Å². The topological polar surface area (TPSA) is 26.3 Å². The zero-order valence-electron chi connectivity index (χ0n) is 12.2. The van der Waals surface area contributed by atoms with Crippen LogP contribution < -0.4 is 0 Å². The van der Waals surface area contributed by atoms with Gasteiger partial charge in [0.1, 0.15) is 5.78 Å². The predicted molar refractivity (Wildman–Crippen MR) is 72.2 cm³/mol. The largest absolute Gasteiger partial charge is 0.414 e. The maximum Gasteiger partial charge on any atom is 0.192 e. The van der Waals surface area contributed by atoms with Crippen molar-refractivity contribution >= 4 is 14.1 Å². The normalized spacial score (nSPS) is 17.0. The van der Waals surface area contributed by atoms with Crippen LogP contribution in [-0.2, 0) is 9.22 Å². The van der Waals surface area contributed by atoms with Crippen molar-refractivity contribution in [1.82, 2.24) is 0 Å². The van der Waals surface area contributed by atoms with Gasteiger partial charge in [-0.25, -0.2) is 0 Å². The summed E-state index contributed by atoms with van der Waals surface area (Å²) < 4.78 is 6.21. The number of Topliss-reactive ketones (excluding diaryl/α,β-unsaturated/α-hetero) is 1. The molecule has 0 aliphatic rings. The minimum absolute atomic E-state index is 0.0131. The highest BCUT2D eigenvalue weighted by atomic mass is 28.4. The molecule has 0 bridgehead atoms. The smallest absolute Gasteiger partial charge is 0.192 e. The lowest BCUT2D eigenvalue weighted by atomic mass is 9.99. The maximum absolute atomic E-state index is 11.6. The molecule has 0 unspecified atom stereocenters. The summed E-state index contributed by atoms with van der Waals surface area (Å²) in [6.45, 7) is 17.0. The van der Waals surface area contributed by atoms with Gasteiger partial charge >= 0.3 is 0 Å². The van der Waals surface area contributed by atoms with Crippen LogP contribution in [0.15, 0.2) is 0 Å². The Morgan fingerprint density at radius 3 is 2.00 bits per heavy atom. The minimum Gasteiger partial charge on any atom is -0.414 e. The second-order valence-corrected chi connectivity index (χ2v) is 10.9.